The number of carbonyl (C=O) groups is 2. The summed E-state index contributed by atoms with van der Waals surface area (Å²) in [5.41, 5.74) is 0.535. The third-order valence-electron chi connectivity index (χ3n) is 3.52. The Morgan fingerprint density at radius 2 is 1.74 bits per heavy atom. The van der Waals surface area contributed by atoms with E-state index in [2.05, 4.69) is 10.0 Å². The van der Waals surface area contributed by atoms with E-state index in [1.165, 1.54) is 31.2 Å². The van der Waals surface area contributed by atoms with E-state index in [-0.39, 0.29) is 17.0 Å². The molecular weight excluding hydrogens is 392 g/mol. The number of hydrogen-bond donors (Lipinski definition) is 2. The van der Waals surface area contributed by atoms with E-state index >= 15 is 0 Å². The standard InChI is InChI=1S/C18H19ClN2O5S/c1-3-20-27(24,25)14-10-8-13(9-11-14)18(23)26-12(2)17(22)21-16-7-5-4-6-15(16)19/h4-12,20H,3H2,1-2H3,(H,21,22). The molecule has 27 heavy (non-hydrogen) atoms. The summed E-state index contributed by atoms with van der Waals surface area (Å²) in [6.45, 7) is 3.34. The van der Waals surface area contributed by atoms with Crippen molar-refractivity contribution in [2.24, 2.45) is 0 Å². The molecule has 9 heteroatoms. The Kier molecular flexibility index (Phi) is 6.95. The van der Waals surface area contributed by atoms with E-state index in [0.29, 0.717) is 10.7 Å². The van der Waals surface area contributed by atoms with Crippen LogP contribution in [0.3, 0.4) is 0 Å². The van der Waals surface area contributed by atoms with Crippen molar-refractivity contribution in [3.8, 4) is 0 Å². The first kappa shape index (κ1) is 20.9. The van der Waals surface area contributed by atoms with Crippen LogP contribution in [0.2, 0.25) is 5.02 Å². The van der Waals surface area contributed by atoms with Gasteiger partial charge in [-0.2, -0.15) is 0 Å². The van der Waals surface area contributed by atoms with Crippen LogP contribution in [0.5, 0.6) is 0 Å². The molecule has 0 saturated heterocycles. The van der Waals surface area contributed by atoms with Gasteiger partial charge >= 0.3 is 5.97 Å². The van der Waals surface area contributed by atoms with E-state index in [1.807, 2.05) is 0 Å². The van der Waals surface area contributed by atoms with Crippen LogP contribution in [-0.4, -0.2) is 32.9 Å². The van der Waals surface area contributed by atoms with Crippen LogP contribution in [0.25, 0.3) is 0 Å². The molecule has 0 heterocycles. The second-order valence-corrected chi connectivity index (χ2v) is 7.72. The van der Waals surface area contributed by atoms with Gasteiger partial charge in [0.1, 0.15) is 0 Å². The molecule has 0 aliphatic rings. The molecule has 2 aromatic rings. The number of ether oxygens (including phenoxy) is 1. The smallest absolute Gasteiger partial charge is 0.338 e. The molecule has 0 aliphatic heterocycles. The van der Waals surface area contributed by atoms with Crippen LogP contribution >= 0.6 is 11.6 Å². The van der Waals surface area contributed by atoms with Crippen molar-refractivity contribution in [1.82, 2.24) is 4.72 Å². The quantitative estimate of drug-likeness (QED) is 0.683. The minimum atomic E-state index is -3.61. The Labute approximate surface area is 162 Å². The summed E-state index contributed by atoms with van der Waals surface area (Å²) in [5, 5.41) is 2.94. The maximum absolute atomic E-state index is 12.2. The molecule has 0 radical (unpaired) electrons. The normalized spacial score (nSPS) is 12.3. The fourth-order valence-corrected chi connectivity index (χ4v) is 3.35. The van der Waals surface area contributed by atoms with Gasteiger partial charge in [0.25, 0.3) is 5.91 Å². The lowest BCUT2D eigenvalue weighted by molar-refractivity contribution is -0.123. The van der Waals surface area contributed by atoms with Gasteiger partial charge in [0.2, 0.25) is 10.0 Å². The monoisotopic (exact) mass is 410 g/mol. The number of halogens is 1. The number of amides is 1. The van der Waals surface area contributed by atoms with E-state index in [9.17, 15) is 18.0 Å². The molecule has 144 valence electrons. The number of anilines is 1. The second kappa shape index (κ2) is 8.98. The Morgan fingerprint density at radius 1 is 1.11 bits per heavy atom. The Balaban J connectivity index is 2.01. The number of nitrogens with one attached hydrogen (secondary N) is 2. The lowest BCUT2D eigenvalue weighted by Crippen LogP contribution is -2.30. The number of sulfonamides is 1. The topological polar surface area (TPSA) is 102 Å². The molecule has 0 saturated carbocycles. The van der Waals surface area contributed by atoms with Crippen molar-refractivity contribution >= 4 is 39.2 Å². The molecule has 0 aliphatic carbocycles. The van der Waals surface area contributed by atoms with Crippen LogP contribution in [0.4, 0.5) is 5.69 Å². The predicted molar refractivity (Wildman–Crippen MR) is 102 cm³/mol. The summed E-state index contributed by atoms with van der Waals surface area (Å²) in [6, 6.07) is 11.9. The highest BCUT2D eigenvalue weighted by Gasteiger charge is 2.20. The molecule has 0 bridgehead atoms. The number of esters is 1. The zero-order valence-corrected chi connectivity index (χ0v) is 16.3. The van der Waals surface area contributed by atoms with Gasteiger partial charge in [-0.15, -0.1) is 0 Å². The highest BCUT2D eigenvalue weighted by molar-refractivity contribution is 7.89. The van der Waals surface area contributed by atoms with Crippen LogP contribution in [0, 0.1) is 0 Å². The Morgan fingerprint density at radius 3 is 2.33 bits per heavy atom. The molecule has 2 aromatic carbocycles. The molecule has 1 unspecified atom stereocenters. The molecule has 1 atom stereocenters. The fraction of sp³-hybridized carbons (Fsp3) is 0.222. The van der Waals surface area contributed by atoms with Crippen molar-refractivity contribution in [3.05, 3.63) is 59.1 Å². The van der Waals surface area contributed by atoms with Gasteiger partial charge in [-0.25, -0.2) is 17.9 Å². The molecule has 0 aromatic heterocycles. The number of hydrogen-bond acceptors (Lipinski definition) is 5. The zero-order valence-electron chi connectivity index (χ0n) is 14.7. The molecule has 2 rings (SSSR count). The summed E-state index contributed by atoms with van der Waals surface area (Å²) in [5.74, 6) is -1.29. The average Bonchev–Trinajstić information content (AvgIpc) is 2.63. The minimum absolute atomic E-state index is 0.0328. The predicted octanol–water partition coefficient (Wildman–Crippen LogP) is 2.82. The summed E-state index contributed by atoms with van der Waals surface area (Å²) >= 11 is 5.97. The summed E-state index contributed by atoms with van der Waals surface area (Å²) in [6.07, 6.45) is -1.07. The molecule has 0 fully saturated rings. The van der Waals surface area contributed by atoms with Gasteiger partial charge in [0.15, 0.2) is 6.10 Å². The van der Waals surface area contributed by atoms with Gasteiger partial charge in [0, 0.05) is 6.54 Å². The largest absolute Gasteiger partial charge is 0.449 e. The van der Waals surface area contributed by atoms with E-state index < -0.39 is 28.0 Å². The maximum atomic E-state index is 12.2. The lowest BCUT2D eigenvalue weighted by Gasteiger charge is -2.14. The van der Waals surface area contributed by atoms with Crippen molar-refractivity contribution in [1.29, 1.82) is 0 Å². The van der Waals surface area contributed by atoms with Crippen molar-refractivity contribution < 1.29 is 22.7 Å². The van der Waals surface area contributed by atoms with Gasteiger partial charge in [-0.1, -0.05) is 30.7 Å². The summed E-state index contributed by atoms with van der Waals surface area (Å²) in [4.78, 5) is 24.4. The van der Waals surface area contributed by atoms with Gasteiger partial charge in [-0.05, 0) is 43.3 Å². The van der Waals surface area contributed by atoms with Crippen LogP contribution in [0.15, 0.2) is 53.4 Å². The molecule has 2 N–H and O–H groups in total. The first-order chi connectivity index (χ1) is 12.7. The fourth-order valence-electron chi connectivity index (χ4n) is 2.12. The van der Waals surface area contributed by atoms with Gasteiger partial charge < -0.3 is 10.1 Å². The van der Waals surface area contributed by atoms with Crippen LogP contribution in [-0.2, 0) is 19.6 Å². The van der Waals surface area contributed by atoms with Crippen LogP contribution in [0.1, 0.15) is 24.2 Å². The number of carbonyl (C=O) groups excluding carboxylic acids is 2. The minimum Gasteiger partial charge on any atom is -0.449 e. The van der Waals surface area contributed by atoms with E-state index in [4.69, 9.17) is 16.3 Å². The number of para-hydroxylation sites is 1. The van der Waals surface area contributed by atoms with Crippen molar-refractivity contribution in [2.45, 2.75) is 24.8 Å². The van der Waals surface area contributed by atoms with Crippen molar-refractivity contribution in [3.63, 3.8) is 0 Å². The maximum Gasteiger partial charge on any atom is 0.338 e. The summed E-state index contributed by atoms with van der Waals surface area (Å²) in [7, 11) is -3.61. The third-order valence-corrected chi connectivity index (χ3v) is 5.41. The molecular formula is C18H19ClN2O5S. The molecule has 0 spiro atoms. The zero-order chi connectivity index (χ0) is 20.0. The highest BCUT2D eigenvalue weighted by Crippen LogP contribution is 2.21. The van der Waals surface area contributed by atoms with Crippen molar-refractivity contribution in [2.75, 3.05) is 11.9 Å². The number of rotatable bonds is 7. The van der Waals surface area contributed by atoms with E-state index in [0.717, 1.165) is 0 Å². The second-order valence-electron chi connectivity index (χ2n) is 5.54. The highest BCUT2D eigenvalue weighted by atomic mass is 35.5. The van der Waals surface area contributed by atoms with Gasteiger partial charge in [0.05, 0.1) is 21.2 Å². The van der Waals surface area contributed by atoms with Crippen LogP contribution < -0.4 is 10.0 Å². The van der Waals surface area contributed by atoms with E-state index in [1.54, 1.807) is 31.2 Å². The Bertz CT molecular complexity index is 929. The lowest BCUT2D eigenvalue weighted by atomic mass is 10.2. The molecule has 7 nitrogen and oxygen atoms in total. The average molecular weight is 411 g/mol. The first-order valence-corrected chi connectivity index (χ1v) is 9.97. The molecule has 1 amide bonds. The summed E-state index contributed by atoms with van der Waals surface area (Å²) < 4.78 is 31.3. The number of benzene rings is 2. The SMILES string of the molecule is CCNS(=O)(=O)c1ccc(C(=O)OC(C)C(=O)Nc2ccccc2Cl)cc1. The Hall–Kier alpha value is -2.42. The van der Waals surface area contributed by atoms with Gasteiger partial charge in [-0.3, -0.25) is 4.79 Å². The first-order valence-electron chi connectivity index (χ1n) is 8.10. The third kappa shape index (κ3) is 5.53.